The van der Waals surface area contributed by atoms with Crippen LogP contribution in [0, 0.1) is 0 Å². The van der Waals surface area contributed by atoms with Gasteiger partial charge in [0.25, 0.3) is 5.56 Å². The van der Waals surface area contributed by atoms with Gasteiger partial charge in [0.2, 0.25) is 5.91 Å². The minimum Gasteiger partial charge on any atom is -0.273 e. The molecule has 0 bridgehead atoms. The third kappa shape index (κ3) is 1.66. The van der Waals surface area contributed by atoms with Crippen LogP contribution in [-0.2, 0) is 0 Å². The van der Waals surface area contributed by atoms with Crippen molar-refractivity contribution >= 4 is 28.4 Å². The molecule has 4 heteroatoms. The van der Waals surface area contributed by atoms with Crippen LogP contribution in [0.25, 0.3) is 10.9 Å². The minimum absolute atomic E-state index is 0.200. The summed E-state index contributed by atoms with van der Waals surface area (Å²) in [5.74, 6) is -0.605. The van der Waals surface area contributed by atoms with Crippen molar-refractivity contribution in [1.82, 2.24) is 4.57 Å². The van der Waals surface area contributed by atoms with Crippen LogP contribution < -0.4 is 5.56 Å². The van der Waals surface area contributed by atoms with Crippen molar-refractivity contribution in [3.05, 3.63) is 46.8 Å². The van der Waals surface area contributed by atoms with Gasteiger partial charge in [-0.1, -0.05) is 18.2 Å². The molecule has 0 atom stereocenters. The first-order valence-electron chi connectivity index (χ1n) is 4.44. The van der Waals surface area contributed by atoms with Gasteiger partial charge in [0.05, 0.1) is 5.52 Å². The molecule has 0 aliphatic carbocycles. The van der Waals surface area contributed by atoms with Crippen molar-refractivity contribution < 1.29 is 4.79 Å². The fraction of sp³-hybridized carbons (Fsp3) is 0.0909. The molecule has 3 nitrogen and oxygen atoms in total. The third-order valence-electron chi connectivity index (χ3n) is 2.17. The van der Waals surface area contributed by atoms with Gasteiger partial charge in [-0.2, -0.15) is 0 Å². The van der Waals surface area contributed by atoms with Crippen LogP contribution in [0.15, 0.2) is 41.2 Å². The molecule has 1 aromatic carbocycles. The molecular formula is C11H8ClNO2. The van der Waals surface area contributed by atoms with Crippen molar-refractivity contribution in [2.75, 3.05) is 5.88 Å². The molecule has 0 saturated carbocycles. The summed E-state index contributed by atoms with van der Waals surface area (Å²) in [6.07, 6.45) is 0. The molecule has 2 aromatic rings. The Morgan fingerprint density at radius 2 is 1.93 bits per heavy atom. The molecule has 0 spiro atoms. The highest BCUT2D eigenvalue weighted by Gasteiger charge is 2.08. The number of pyridine rings is 1. The zero-order chi connectivity index (χ0) is 10.8. The summed E-state index contributed by atoms with van der Waals surface area (Å²) in [6.45, 7) is 0. The van der Waals surface area contributed by atoms with Gasteiger partial charge in [0, 0.05) is 6.07 Å². The largest absolute Gasteiger partial charge is 0.273 e. The monoisotopic (exact) mass is 221 g/mol. The highest BCUT2D eigenvalue weighted by Crippen LogP contribution is 2.10. The lowest BCUT2D eigenvalue weighted by Gasteiger charge is -2.05. The Morgan fingerprint density at radius 1 is 1.20 bits per heavy atom. The zero-order valence-electron chi connectivity index (χ0n) is 7.81. The van der Waals surface area contributed by atoms with Crippen LogP contribution in [0.3, 0.4) is 0 Å². The van der Waals surface area contributed by atoms with Crippen molar-refractivity contribution in [1.29, 1.82) is 0 Å². The van der Waals surface area contributed by atoms with E-state index in [-0.39, 0.29) is 11.4 Å². The zero-order valence-corrected chi connectivity index (χ0v) is 8.57. The average Bonchev–Trinajstić information content (AvgIpc) is 2.28. The van der Waals surface area contributed by atoms with E-state index in [9.17, 15) is 9.59 Å². The summed E-state index contributed by atoms with van der Waals surface area (Å²) in [5, 5.41) is 0.843. The van der Waals surface area contributed by atoms with Crippen molar-refractivity contribution in [2.24, 2.45) is 0 Å². The molecule has 0 saturated heterocycles. The summed E-state index contributed by atoms with van der Waals surface area (Å²) < 4.78 is 1.10. The molecule has 2 rings (SSSR count). The fourth-order valence-electron chi connectivity index (χ4n) is 1.50. The predicted molar refractivity (Wildman–Crippen MR) is 59.6 cm³/mol. The smallest absolute Gasteiger partial charge is 0.257 e. The Labute approximate surface area is 90.9 Å². The number of rotatable bonds is 1. The number of alkyl halides is 1. The molecular weight excluding hydrogens is 214 g/mol. The molecule has 0 radical (unpaired) electrons. The number of hydrogen-bond donors (Lipinski definition) is 0. The molecule has 0 amide bonds. The van der Waals surface area contributed by atoms with E-state index in [1.165, 1.54) is 6.07 Å². The quantitative estimate of drug-likeness (QED) is 0.690. The van der Waals surface area contributed by atoms with Crippen molar-refractivity contribution in [3.8, 4) is 0 Å². The van der Waals surface area contributed by atoms with Gasteiger partial charge < -0.3 is 0 Å². The van der Waals surface area contributed by atoms with E-state index in [1.54, 1.807) is 18.2 Å². The number of carbonyl (C=O) groups excluding carboxylic acids is 1. The van der Waals surface area contributed by atoms with Crippen LogP contribution in [-0.4, -0.2) is 16.4 Å². The van der Waals surface area contributed by atoms with Crippen LogP contribution in [0.4, 0.5) is 0 Å². The van der Waals surface area contributed by atoms with Crippen molar-refractivity contribution in [3.63, 3.8) is 0 Å². The molecule has 1 heterocycles. The number of halogens is 1. The summed E-state index contributed by atoms with van der Waals surface area (Å²) in [5.41, 5.74) is 0.245. The Kier molecular flexibility index (Phi) is 2.56. The molecule has 0 aliphatic heterocycles. The average molecular weight is 222 g/mol. The first kappa shape index (κ1) is 9.93. The molecule has 0 fully saturated rings. The van der Waals surface area contributed by atoms with Crippen LogP contribution in [0.1, 0.15) is 4.79 Å². The normalized spacial score (nSPS) is 10.5. The number of fused-ring (bicyclic) bond motifs is 1. The number of hydrogen-bond acceptors (Lipinski definition) is 2. The van der Waals surface area contributed by atoms with Gasteiger partial charge in [-0.15, -0.1) is 11.6 Å². The maximum Gasteiger partial charge on any atom is 0.257 e. The molecule has 1 aromatic heterocycles. The second-order valence-corrected chi connectivity index (χ2v) is 3.36. The standard InChI is InChI=1S/C11H8ClNO2/c12-7-11(15)13-9-4-2-1-3-8(9)5-6-10(13)14/h1-6H,7H2. The van der Waals surface area contributed by atoms with Gasteiger partial charge in [-0.3, -0.25) is 9.59 Å². The van der Waals surface area contributed by atoms with Gasteiger partial charge in [0.15, 0.2) is 0 Å². The highest BCUT2D eigenvalue weighted by atomic mass is 35.5. The maximum absolute atomic E-state index is 11.5. The minimum atomic E-state index is -0.404. The van der Waals surface area contributed by atoms with E-state index in [0.717, 1.165) is 9.95 Å². The van der Waals surface area contributed by atoms with Gasteiger partial charge in [-0.25, -0.2) is 4.57 Å². The number of para-hydroxylation sites is 1. The van der Waals surface area contributed by atoms with Crippen molar-refractivity contribution in [2.45, 2.75) is 0 Å². The Hall–Kier alpha value is -1.61. The number of carbonyl (C=O) groups is 1. The highest BCUT2D eigenvalue weighted by molar-refractivity contribution is 6.28. The lowest BCUT2D eigenvalue weighted by atomic mass is 10.2. The summed E-state index contributed by atoms with van der Waals surface area (Å²) in [4.78, 5) is 23.0. The summed E-state index contributed by atoms with van der Waals surface area (Å²) in [6, 6.07) is 10.2. The van der Waals surface area contributed by atoms with Gasteiger partial charge in [-0.05, 0) is 17.5 Å². The molecule has 0 unspecified atom stereocenters. The molecule has 76 valence electrons. The number of nitrogens with zero attached hydrogens (tertiary/aromatic N) is 1. The molecule has 15 heavy (non-hydrogen) atoms. The van der Waals surface area contributed by atoms with Crippen LogP contribution in [0.5, 0.6) is 0 Å². The third-order valence-corrected chi connectivity index (χ3v) is 2.40. The first-order chi connectivity index (χ1) is 7.24. The van der Waals surface area contributed by atoms with E-state index in [4.69, 9.17) is 11.6 Å². The Bertz CT molecular complexity index is 574. The summed E-state index contributed by atoms with van der Waals surface area (Å²) in [7, 11) is 0. The SMILES string of the molecule is O=C(CCl)n1c(=O)ccc2ccccc21. The lowest BCUT2D eigenvalue weighted by molar-refractivity contribution is 0.0941. The van der Waals surface area contributed by atoms with E-state index in [2.05, 4.69) is 0 Å². The number of benzene rings is 1. The molecule has 0 aliphatic rings. The second-order valence-electron chi connectivity index (χ2n) is 3.09. The molecule has 0 N–H and O–H groups in total. The predicted octanol–water partition coefficient (Wildman–Crippen LogP) is 1.88. The number of aromatic nitrogens is 1. The Balaban J connectivity index is 2.86. The van der Waals surface area contributed by atoms with E-state index in [0.29, 0.717) is 5.52 Å². The lowest BCUT2D eigenvalue weighted by Crippen LogP contribution is -2.26. The fourth-order valence-corrected chi connectivity index (χ4v) is 1.62. The second kappa shape index (κ2) is 3.87. The van der Waals surface area contributed by atoms with Crippen LogP contribution >= 0.6 is 11.6 Å². The first-order valence-corrected chi connectivity index (χ1v) is 4.97. The van der Waals surface area contributed by atoms with E-state index < -0.39 is 5.91 Å². The topological polar surface area (TPSA) is 39.1 Å². The van der Waals surface area contributed by atoms with Crippen LogP contribution in [0.2, 0.25) is 0 Å². The summed E-state index contributed by atoms with van der Waals surface area (Å²) >= 11 is 5.45. The van der Waals surface area contributed by atoms with Gasteiger partial charge in [0.1, 0.15) is 5.88 Å². The Morgan fingerprint density at radius 3 is 2.67 bits per heavy atom. The van der Waals surface area contributed by atoms with E-state index in [1.807, 2.05) is 12.1 Å². The van der Waals surface area contributed by atoms with Gasteiger partial charge >= 0.3 is 0 Å². The van der Waals surface area contributed by atoms with E-state index >= 15 is 0 Å². The maximum atomic E-state index is 11.5.